The van der Waals surface area contributed by atoms with Gasteiger partial charge in [0.05, 0.1) is 18.2 Å². The van der Waals surface area contributed by atoms with Gasteiger partial charge in [0.2, 0.25) is 5.88 Å². The monoisotopic (exact) mass is 300 g/mol. The third kappa shape index (κ3) is 3.20. The molecule has 1 atom stereocenters. The summed E-state index contributed by atoms with van der Waals surface area (Å²) in [5.74, 6) is 0.924. The van der Waals surface area contributed by atoms with E-state index in [1.807, 2.05) is 24.3 Å². The van der Waals surface area contributed by atoms with Crippen LogP contribution in [0.4, 0.5) is 0 Å². The van der Waals surface area contributed by atoms with Gasteiger partial charge in [-0.3, -0.25) is 4.79 Å². The van der Waals surface area contributed by atoms with Gasteiger partial charge in [0.1, 0.15) is 0 Å². The largest absolute Gasteiger partial charge is 0.481 e. The van der Waals surface area contributed by atoms with Crippen LogP contribution in [0.2, 0.25) is 0 Å². The Balaban J connectivity index is 1.74. The summed E-state index contributed by atoms with van der Waals surface area (Å²) in [6.07, 6.45) is 2.04. The van der Waals surface area contributed by atoms with Crippen molar-refractivity contribution < 1.29 is 14.3 Å². The molecule has 0 saturated carbocycles. The average Bonchev–Trinajstić information content (AvgIpc) is 3.07. The fraction of sp³-hybridized carbons (Fsp3) is 0.412. The van der Waals surface area contributed by atoms with Gasteiger partial charge in [-0.05, 0) is 24.8 Å². The Hall–Kier alpha value is -2.14. The Morgan fingerprint density at radius 3 is 3.09 bits per heavy atom. The van der Waals surface area contributed by atoms with E-state index >= 15 is 0 Å². The molecule has 1 aromatic carbocycles. The van der Waals surface area contributed by atoms with Crippen molar-refractivity contribution in [1.29, 1.82) is 0 Å². The second-order valence-electron chi connectivity index (χ2n) is 5.50. The third-order valence-electron chi connectivity index (χ3n) is 4.01. The van der Waals surface area contributed by atoms with E-state index in [4.69, 9.17) is 9.47 Å². The first-order valence-corrected chi connectivity index (χ1v) is 7.57. The number of benzene rings is 1. The molecule has 0 bridgehead atoms. The van der Waals surface area contributed by atoms with Crippen molar-refractivity contribution in [2.24, 2.45) is 5.92 Å². The van der Waals surface area contributed by atoms with Crippen molar-refractivity contribution in [3.8, 4) is 5.88 Å². The van der Waals surface area contributed by atoms with E-state index < -0.39 is 0 Å². The summed E-state index contributed by atoms with van der Waals surface area (Å²) in [6.45, 7) is 2.30. The summed E-state index contributed by atoms with van der Waals surface area (Å²) < 4.78 is 10.5. The molecule has 3 rings (SSSR count). The molecular weight excluding hydrogens is 280 g/mol. The minimum Gasteiger partial charge on any atom is -0.481 e. The second kappa shape index (κ2) is 6.75. The Kier molecular flexibility index (Phi) is 4.53. The minimum atomic E-state index is -0.0872. The number of fused-ring (bicyclic) bond motifs is 1. The lowest BCUT2D eigenvalue weighted by Crippen LogP contribution is -2.26. The number of para-hydroxylation sites is 1. The van der Waals surface area contributed by atoms with E-state index in [0.717, 1.165) is 37.0 Å². The van der Waals surface area contributed by atoms with E-state index in [1.165, 1.54) is 0 Å². The summed E-state index contributed by atoms with van der Waals surface area (Å²) in [7, 11) is 1.55. The molecule has 1 aliphatic rings. The quantitative estimate of drug-likeness (QED) is 0.921. The van der Waals surface area contributed by atoms with Crippen molar-refractivity contribution in [3.05, 3.63) is 35.9 Å². The topological polar surface area (TPSA) is 60.5 Å². The van der Waals surface area contributed by atoms with Crippen LogP contribution in [0.25, 0.3) is 10.9 Å². The maximum absolute atomic E-state index is 12.5. The van der Waals surface area contributed by atoms with Crippen molar-refractivity contribution in [3.63, 3.8) is 0 Å². The molecule has 1 aromatic heterocycles. The molecule has 1 aliphatic heterocycles. The van der Waals surface area contributed by atoms with Gasteiger partial charge < -0.3 is 14.8 Å². The first-order valence-electron chi connectivity index (χ1n) is 7.57. The van der Waals surface area contributed by atoms with E-state index in [-0.39, 0.29) is 5.91 Å². The number of hydrogen-bond donors (Lipinski definition) is 1. The number of methoxy groups -OCH3 is 1. The fourth-order valence-electron chi connectivity index (χ4n) is 2.74. The number of amides is 1. The number of nitrogens with zero attached hydrogens (tertiary/aromatic N) is 1. The standard InChI is InChI=1S/C17H20N2O3/c1-21-16-10-14(13-4-2-3-5-15(13)19-16)17(20)18-8-6-12-7-9-22-11-12/h2-5,10,12H,6-9,11H2,1H3,(H,18,20)/t12-/m1/s1. The fourth-order valence-corrected chi connectivity index (χ4v) is 2.74. The van der Waals surface area contributed by atoms with Gasteiger partial charge >= 0.3 is 0 Å². The molecule has 1 amide bonds. The van der Waals surface area contributed by atoms with Crippen LogP contribution in [-0.4, -0.2) is 37.8 Å². The van der Waals surface area contributed by atoms with Crippen LogP contribution in [-0.2, 0) is 4.74 Å². The molecular formula is C17H20N2O3. The van der Waals surface area contributed by atoms with Gasteiger partial charge in [-0.2, -0.15) is 0 Å². The van der Waals surface area contributed by atoms with E-state index in [2.05, 4.69) is 10.3 Å². The van der Waals surface area contributed by atoms with Crippen LogP contribution in [0.5, 0.6) is 5.88 Å². The molecule has 1 N–H and O–H groups in total. The number of nitrogens with one attached hydrogen (secondary N) is 1. The number of hydrogen-bond acceptors (Lipinski definition) is 4. The lowest BCUT2D eigenvalue weighted by atomic mass is 10.0. The molecule has 0 spiro atoms. The molecule has 0 aliphatic carbocycles. The van der Waals surface area contributed by atoms with Crippen LogP contribution in [0.1, 0.15) is 23.2 Å². The van der Waals surface area contributed by atoms with Crippen LogP contribution in [0.15, 0.2) is 30.3 Å². The zero-order valence-corrected chi connectivity index (χ0v) is 12.7. The Bertz CT molecular complexity index is 666. The molecule has 5 nitrogen and oxygen atoms in total. The van der Waals surface area contributed by atoms with E-state index in [9.17, 15) is 4.79 Å². The van der Waals surface area contributed by atoms with Crippen molar-refractivity contribution >= 4 is 16.8 Å². The maximum Gasteiger partial charge on any atom is 0.252 e. The third-order valence-corrected chi connectivity index (χ3v) is 4.01. The number of carbonyl (C=O) groups is 1. The van der Waals surface area contributed by atoms with Crippen LogP contribution < -0.4 is 10.1 Å². The van der Waals surface area contributed by atoms with Crippen LogP contribution in [0.3, 0.4) is 0 Å². The van der Waals surface area contributed by atoms with Gasteiger partial charge in [-0.25, -0.2) is 4.98 Å². The summed E-state index contributed by atoms with van der Waals surface area (Å²) in [4.78, 5) is 16.8. The van der Waals surface area contributed by atoms with Crippen molar-refractivity contribution in [2.75, 3.05) is 26.9 Å². The minimum absolute atomic E-state index is 0.0872. The van der Waals surface area contributed by atoms with Gasteiger partial charge in [0.15, 0.2) is 0 Å². The Labute approximate surface area is 129 Å². The Morgan fingerprint density at radius 1 is 1.45 bits per heavy atom. The second-order valence-corrected chi connectivity index (χ2v) is 5.50. The molecule has 2 heterocycles. The summed E-state index contributed by atoms with van der Waals surface area (Å²) >= 11 is 0. The average molecular weight is 300 g/mol. The number of pyridine rings is 1. The highest BCUT2D eigenvalue weighted by Gasteiger charge is 2.17. The van der Waals surface area contributed by atoms with Crippen molar-refractivity contribution in [2.45, 2.75) is 12.8 Å². The molecule has 22 heavy (non-hydrogen) atoms. The predicted molar refractivity (Wildman–Crippen MR) is 84.2 cm³/mol. The highest BCUT2D eigenvalue weighted by molar-refractivity contribution is 6.06. The van der Waals surface area contributed by atoms with Crippen molar-refractivity contribution in [1.82, 2.24) is 10.3 Å². The summed E-state index contributed by atoms with van der Waals surface area (Å²) in [5, 5.41) is 3.83. The number of rotatable bonds is 5. The molecule has 0 radical (unpaired) electrons. The van der Waals surface area contributed by atoms with Gasteiger partial charge in [0.25, 0.3) is 5.91 Å². The molecule has 2 aromatic rings. The van der Waals surface area contributed by atoms with Crippen LogP contribution >= 0.6 is 0 Å². The number of aromatic nitrogens is 1. The highest BCUT2D eigenvalue weighted by Crippen LogP contribution is 2.22. The number of carbonyl (C=O) groups excluding carboxylic acids is 1. The zero-order chi connectivity index (χ0) is 15.4. The predicted octanol–water partition coefficient (Wildman–Crippen LogP) is 2.40. The van der Waals surface area contributed by atoms with E-state index in [1.54, 1.807) is 13.2 Å². The normalized spacial score (nSPS) is 17.6. The van der Waals surface area contributed by atoms with E-state index in [0.29, 0.717) is 23.9 Å². The van der Waals surface area contributed by atoms with Gasteiger partial charge in [0, 0.05) is 31.2 Å². The molecule has 5 heteroatoms. The maximum atomic E-state index is 12.5. The Morgan fingerprint density at radius 2 is 2.32 bits per heavy atom. The van der Waals surface area contributed by atoms with Gasteiger partial charge in [-0.15, -0.1) is 0 Å². The van der Waals surface area contributed by atoms with Crippen LogP contribution in [0, 0.1) is 5.92 Å². The molecule has 1 saturated heterocycles. The zero-order valence-electron chi connectivity index (χ0n) is 12.7. The van der Waals surface area contributed by atoms with Gasteiger partial charge in [-0.1, -0.05) is 18.2 Å². The lowest BCUT2D eigenvalue weighted by Gasteiger charge is -2.11. The molecule has 0 unspecified atom stereocenters. The SMILES string of the molecule is COc1cc(C(=O)NCC[C@@H]2CCOC2)c2ccccc2n1. The smallest absolute Gasteiger partial charge is 0.252 e. The molecule has 116 valence electrons. The first-order chi connectivity index (χ1) is 10.8. The highest BCUT2D eigenvalue weighted by atomic mass is 16.5. The summed E-state index contributed by atoms with van der Waals surface area (Å²) in [6, 6.07) is 9.28. The first kappa shape index (κ1) is 14.8. The summed E-state index contributed by atoms with van der Waals surface area (Å²) in [5.41, 5.74) is 1.36. The molecule has 1 fully saturated rings. The number of ether oxygens (including phenoxy) is 2. The lowest BCUT2D eigenvalue weighted by molar-refractivity contribution is 0.0951.